The Morgan fingerprint density at radius 2 is 1.67 bits per heavy atom. The summed E-state index contributed by atoms with van der Waals surface area (Å²) in [6, 6.07) is 0. The Balaban J connectivity index is 1.66. The molecule has 9 atom stereocenters. The molecule has 2 aromatic carbocycles. The first-order valence-corrected chi connectivity index (χ1v) is 17.0. The number of rotatable bonds is 2. The first kappa shape index (κ1) is 37.7. The number of allylic oxidation sites excluding steroid dienone is 2. The zero-order valence-electron chi connectivity index (χ0n) is 30.3. The number of carbonyl (C=O) groups excluding carboxylic acids is 2. The molecule has 5 aliphatic rings. The third-order valence-corrected chi connectivity index (χ3v) is 10.5. The van der Waals surface area contributed by atoms with Gasteiger partial charge in [-0.2, -0.15) is 0 Å². The molecular formula is C38H48N2O11. The molecule has 13 nitrogen and oxygen atoms in total. The van der Waals surface area contributed by atoms with Crippen LogP contribution in [-0.4, -0.2) is 80.4 Å². The van der Waals surface area contributed by atoms with Crippen molar-refractivity contribution < 1.29 is 54.1 Å². The zero-order valence-corrected chi connectivity index (χ0v) is 30.3. The molecular weight excluding hydrogens is 660 g/mol. The molecule has 276 valence electrons. The number of Topliss-reactive ketones (excluding diaryl/α,β-unsaturated/α-hetero) is 1. The van der Waals surface area contributed by atoms with Gasteiger partial charge in [0.2, 0.25) is 0 Å². The lowest BCUT2D eigenvalue weighted by molar-refractivity contribution is -0.160. The minimum atomic E-state index is -1.95. The van der Waals surface area contributed by atoms with Crippen molar-refractivity contribution in [1.29, 1.82) is 0 Å². The highest BCUT2D eigenvalue weighted by molar-refractivity contribution is 6.22. The molecule has 7 rings (SSSR count). The topological polar surface area (TPSA) is 197 Å². The molecule has 0 aromatic heterocycles. The third-order valence-electron chi connectivity index (χ3n) is 10.5. The van der Waals surface area contributed by atoms with Gasteiger partial charge in [0.1, 0.15) is 29.2 Å². The number of aliphatic hydroxyl groups excluding tert-OH is 2. The lowest BCUT2D eigenvalue weighted by atomic mass is 9.78. The number of ether oxygens (including phenoxy) is 4. The van der Waals surface area contributed by atoms with E-state index in [9.17, 15) is 35.1 Å². The number of benzene rings is 2. The number of nitrogens with one attached hydrogen (secondary N) is 1. The monoisotopic (exact) mass is 708 g/mol. The summed E-state index contributed by atoms with van der Waals surface area (Å²) in [6.07, 6.45) is 4.43. The van der Waals surface area contributed by atoms with Crippen molar-refractivity contribution in [2.45, 2.75) is 92.1 Å². The molecule has 0 aliphatic carbocycles. The second-order valence-electron chi connectivity index (χ2n) is 14.0. The molecule has 5 aliphatic heterocycles. The molecule has 0 spiro atoms. The van der Waals surface area contributed by atoms with Gasteiger partial charge < -0.3 is 49.8 Å². The maximum absolute atomic E-state index is 14.1. The number of phenols is 3. The lowest BCUT2D eigenvalue weighted by Gasteiger charge is -2.38. The highest BCUT2D eigenvalue weighted by Gasteiger charge is 2.50. The number of fused-ring (bicyclic) bond motifs is 1. The Bertz CT molecular complexity index is 1860. The fourth-order valence-electron chi connectivity index (χ4n) is 7.27. The molecule has 7 bridgehead atoms. The molecule has 51 heavy (non-hydrogen) atoms. The van der Waals surface area contributed by atoms with Gasteiger partial charge in [0.05, 0.1) is 47.8 Å². The number of anilines is 1. The van der Waals surface area contributed by atoms with Crippen molar-refractivity contribution in [3.63, 3.8) is 0 Å². The van der Waals surface area contributed by atoms with Gasteiger partial charge >= 0.3 is 11.8 Å². The van der Waals surface area contributed by atoms with Gasteiger partial charge in [-0.1, -0.05) is 45.9 Å². The number of hydrogen-bond acceptors (Lipinski definition) is 13. The summed E-state index contributed by atoms with van der Waals surface area (Å²) in [7, 11) is 1.45. The number of amidine groups is 1. The molecule has 0 fully saturated rings. The van der Waals surface area contributed by atoms with Crippen LogP contribution in [0.5, 0.6) is 23.0 Å². The predicted molar refractivity (Wildman–Crippen MR) is 190 cm³/mol. The van der Waals surface area contributed by atoms with E-state index in [1.807, 2.05) is 6.92 Å². The molecule has 5 heterocycles. The summed E-state index contributed by atoms with van der Waals surface area (Å²) >= 11 is 0. The number of aromatic hydroxyl groups is 3. The van der Waals surface area contributed by atoms with E-state index < -0.39 is 59.7 Å². The van der Waals surface area contributed by atoms with Crippen LogP contribution in [0.2, 0.25) is 0 Å². The zero-order chi connectivity index (χ0) is 37.7. The van der Waals surface area contributed by atoms with Crippen LogP contribution < -0.4 is 10.1 Å². The van der Waals surface area contributed by atoms with Crippen LogP contribution in [0, 0.1) is 30.6 Å². The quantitative estimate of drug-likeness (QED) is 0.137. The summed E-state index contributed by atoms with van der Waals surface area (Å²) < 4.78 is 23.4. The van der Waals surface area contributed by atoms with Crippen molar-refractivity contribution in [2.24, 2.45) is 28.7 Å². The Morgan fingerprint density at radius 1 is 0.980 bits per heavy atom. The van der Waals surface area contributed by atoms with Gasteiger partial charge in [-0.05, 0) is 25.5 Å². The van der Waals surface area contributed by atoms with Gasteiger partial charge in [0, 0.05) is 61.1 Å². The molecule has 9 unspecified atom stereocenters. The maximum atomic E-state index is 14.1. The summed E-state index contributed by atoms with van der Waals surface area (Å²) in [5.74, 6) is -6.11. The number of phenolic OH excluding ortho intramolecular Hbond substituents is 3. The van der Waals surface area contributed by atoms with Crippen LogP contribution in [0.25, 0.3) is 10.8 Å². The van der Waals surface area contributed by atoms with Gasteiger partial charge in [0.25, 0.3) is 5.78 Å². The van der Waals surface area contributed by atoms with Crippen LogP contribution in [0.1, 0.15) is 70.0 Å². The van der Waals surface area contributed by atoms with Crippen LogP contribution >= 0.6 is 0 Å². The number of methoxy groups -OCH3 is 1. The van der Waals surface area contributed by atoms with Crippen molar-refractivity contribution in [2.75, 3.05) is 12.4 Å². The van der Waals surface area contributed by atoms with Crippen LogP contribution in [0.15, 0.2) is 41.1 Å². The fraction of sp³-hybridized carbons (Fsp3) is 0.500. The van der Waals surface area contributed by atoms with E-state index in [1.54, 1.807) is 45.9 Å². The number of carbonyl (C=O) groups is 2. The first-order chi connectivity index (χ1) is 23.9. The van der Waals surface area contributed by atoms with Crippen LogP contribution in [-0.2, 0) is 25.5 Å². The van der Waals surface area contributed by atoms with E-state index in [0.717, 1.165) is 0 Å². The second-order valence-corrected chi connectivity index (χ2v) is 14.0. The van der Waals surface area contributed by atoms with Crippen LogP contribution in [0.4, 0.5) is 5.69 Å². The molecule has 0 saturated carbocycles. The van der Waals surface area contributed by atoms with E-state index in [-0.39, 0.29) is 68.6 Å². The van der Waals surface area contributed by atoms with Crippen molar-refractivity contribution >= 4 is 34.0 Å². The summed E-state index contributed by atoms with van der Waals surface area (Å²) in [6.45, 7) is 13.0. The number of aliphatic imine (C=N–C) groups is 1. The Hall–Kier alpha value is -4.59. The predicted octanol–water partition coefficient (Wildman–Crippen LogP) is 5.14. The standard InChI is InChI=1S/C38H48N2O11/c1-16-11-10-12-17(2)37-39-15-23-28(40-37)33(46)26-25(32(23)45)27-35(21(6)31(26)44)51-38(8,36(27)47)49-14-13-24(48-9)18(3)34(50-22(7)41)20(5)30(43)19(4)29(16)42/h10-14,16,18-20,24,29-30,34,42-46H,15H2,1-9H3,(H,39,40)/b11-10-,14-13-,17-12-. The number of esters is 1. The molecule has 0 radical (unpaired) electrons. The van der Waals surface area contributed by atoms with Gasteiger partial charge in [-0.25, -0.2) is 0 Å². The number of nitrogens with zero attached hydrogens (tertiary/aromatic N) is 1. The molecule has 0 saturated heterocycles. The molecule has 2 aromatic rings. The fourth-order valence-corrected chi connectivity index (χ4v) is 7.27. The third kappa shape index (κ3) is 6.54. The molecule has 0 amide bonds. The number of hydrogen-bond donors (Lipinski definition) is 6. The Morgan fingerprint density at radius 3 is 2.31 bits per heavy atom. The maximum Gasteiger partial charge on any atom is 0.312 e. The highest BCUT2D eigenvalue weighted by Crippen LogP contribution is 2.55. The van der Waals surface area contributed by atoms with Gasteiger partial charge in [0.15, 0.2) is 5.75 Å². The molecule has 6 N–H and O–H groups in total. The summed E-state index contributed by atoms with van der Waals surface area (Å²) in [5.41, 5.74) is 1.09. The normalized spacial score (nSPS) is 33.5. The average molecular weight is 709 g/mol. The number of ketones is 1. The van der Waals surface area contributed by atoms with Gasteiger partial charge in [-0.3, -0.25) is 14.6 Å². The van der Waals surface area contributed by atoms with Crippen LogP contribution in [0.3, 0.4) is 0 Å². The van der Waals surface area contributed by atoms with E-state index in [2.05, 4.69) is 10.3 Å². The van der Waals surface area contributed by atoms with Crippen molar-refractivity contribution in [1.82, 2.24) is 0 Å². The first-order valence-electron chi connectivity index (χ1n) is 17.0. The SMILES string of the molecule is COC1/C=C\OC2(C)Oc3c(C)c(O)c4c(O)c5c(c(O)c4c3C2=O)CN=C(N5)/C(C)=C\C=C/C(C)C(O)C(C)C(O)C(C)C(OC(C)=O)C1C. The smallest absolute Gasteiger partial charge is 0.312 e. The van der Waals surface area contributed by atoms with Crippen molar-refractivity contribution in [3.8, 4) is 23.0 Å². The Labute approximate surface area is 296 Å². The minimum Gasteiger partial charge on any atom is -0.507 e. The Kier molecular flexibility index (Phi) is 10.5. The van der Waals surface area contributed by atoms with Crippen molar-refractivity contribution in [3.05, 3.63) is 52.8 Å². The largest absolute Gasteiger partial charge is 0.507 e. The van der Waals surface area contributed by atoms with E-state index in [1.165, 1.54) is 40.2 Å². The number of aliphatic hydroxyl groups is 2. The minimum absolute atomic E-state index is 0.0143. The van der Waals surface area contributed by atoms with E-state index in [0.29, 0.717) is 11.4 Å². The summed E-state index contributed by atoms with van der Waals surface area (Å²) in [4.78, 5) is 30.9. The lowest BCUT2D eigenvalue weighted by Crippen LogP contribution is -2.46. The van der Waals surface area contributed by atoms with E-state index in [4.69, 9.17) is 18.9 Å². The molecule has 13 heteroatoms. The van der Waals surface area contributed by atoms with E-state index >= 15 is 0 Å². The summed E-state index contributed by atoms with van der Waals surface area (Å²) in [5, 5.41) is 60.0. The van der Waals surface area contributed by atoms with Gasteiger partial charge in [-0.15, -0.1) is 0 Å². The average Bonchev–Trinajstić information content (AvgIpc) is 3.36. The second kappa shape index (κ2) is 14.2. The highest BCUT2D eigenvalue weighted by atomic mass is 16.7.